The summed E-state index contributed by atoms with van der Waals surface area (Å²) in [5.41, 5.74) is 0. The van der Waals surface area contributed by atoms with E-state index in [1.165, 1.54) is 6.92 Å². The lowest BCUT2D eigenvalue weighted by molar-refractivity contribution is -0.124. The molecule has 0 unspecified atom stereocenters. The molecule has 0 aliphatic carbocycles. The van der Waals surface area contributed by atoms with E-state index in [1.54, 1.807) is 0 Å². The van der Waals surface area contributed by atoms with E-state index in [1.807, 2.05) is 0 Å². The lowest BCUT2D eigenvalue weighted by Gasteiger charge is -2.06. The van der Waals surface area contributed by atoms with Gasteiger partial charge in [-0.05, 0) is 51.9 Å². The molecule has 6 nitrogen and oxygen atoms in total. The van der Waals surface area contributed by atoms with Gasteiger partial charge in [0.1, 0.15) is 5.78 Å². The molecule has 3 N–H and O–H groups in total. The topological polar surface area (TPSA) is 87.3 Å². The van der Waals surface area contributed by atoms with Gasteiger partial charge in [-0.2, -0.15) is 0 Å². The minimum absolute atomic E-state index is 0.0186. The molecule has 0 saturated heterocycles. The molecule has 0 atom stereocenters. The third kappa shape index (κ3) is 20.3. The van der Waals surface area contributed by atoms with Crippen molar-refractivity contribution in [3.8, 4) is 0 Å². The van der Waals surface area contributed by atoms with Crippen molar-refractivity contribution < 1.29 is 14.4 Å². The van der Waals surface area contributed by atoms with E-state index < -0.39 is 0 Å². The Morgan fingerprint density at radius 2 is 1.33 bits per heavy atom. The Morgan fingerprint density at radius 1 is 0.741 bits per heavy atom. The second-order valence-corrected chi connectivity index (χ2v) is 6.94. The van der Waals surface area contributed by atoms with Crippen LogP contribution >= 0.6 is 0 Å². The first-order chi connectivity index (χ1) is 13.1. The zero-order valence-corrected chi connectivity index (χ0v) is 17.3. The molecule has 0 aliphatic heterocycles. The zero-order valence-electron chi connectivity index (χ0n) is 17.3. The number of hydrogen-bond donors (Lipinski definition) is 3. The highest BCUT2D eigenvalue weighted by molar-refractivity contribution is 5.84. The molecule has 0 radical (unpaired) electrons. The number of ketones is 1. The van der Waals surface area contributed by atoms with Gasteiger partial charge in [0.25, 0.3) is 0 Å². The SMILES string of the molecule is CCCCCNC(=O)NCCCC/C=C/CCCCCC(=O)NCC(C)=O. The molecule has 0 fully saturated rings. The fourth-order valence-corrected chi connectivity index (χ4v) is 2.50. The van der Waals surface area contributed by atoms with Crippen LogP contribution in [0.3, 0.4) is 0 Å². The Hall–Kier alpha value is -1.85. The summed E-state index contributed by atoms with van der Waals surface area (Å²) in [4.78, 5) is 33.7. The second-order valence-electron chi connectivity index (χ2n) is 6.94. The maximum Gasteiger partial charge on any atom is 0.314 e. The lowest BCUT2D eigenvalue weighted by Crippen LogP contribution is -2.36. The smallest absolute Gasteiger partial charge is 0.314 e. The van der Waals surface area contributed by atoms with E-state index in [-0.39, 0.29) is 24.3 Å². The van der Waals surface area contributed by atoms with Crippen LogP contribution in [0.25, 0.3) is 0 Å². The van der Waals surface area contributed by atoms with Gasteiger partial charge in [0.2, 0.25) is 5.91 Å². The van der Waals surface area contributed by atoms with Crippen LogP contribution in [0.4, 0.5) is 4.79 Å². The minimum Gasteiger partial charge on any atom is -0.349 e. The number of urea groups is 1. The normalized spacial score (nSPS) is 10.7. The van der Waals surface area contributed by atoms with E-state index >= 15 is 0 Å². The van der Waals surface area contributed by atoms with Gasteiger partial charge in [0.05, 0.1) is 6.54 Å². The average Bonchev–Trinajstić information content (AvgIpc) is 2.64. The monoisotopic (exact) mass is 381 g/mol. The highest BCUT2D eigenvalue weighted by Crippen LogP contribution is 2.05. The highest BCUT2D eigenvalue weighted by Gasteiger charge is 2.01. The predicted octanol–water partition coefficient (Wildman–Crippen LogP) is 3.86. The Labute approximate surface area is 164 Å². The van der Waals surface area contributed by atoms with E-state index in [4.69, 9.17) is 0 Å². The molecule has 156 valence electrons. The van der Waals surface area contributed by atoms with Crippen molar-refractivity contribution in [3.05, 3.63) is 12.2 Å². The summed E-state index contributed by atoms with van der Waals surface area (Å²) in [7, 11) is 0. The number of amides is 3. The first-order valence-corrected chi connectivity index (χ1v) is 10.5. The van der Waals surface area contributed by atoms with Crippen LogP contribution in [0.2, 0.25) is 0 Å². The Bertz CT molecular complexity index is 436. The van der Waals surface area contributed by atoms with E-state index in [2.05, 4.69) is 35.0 Å². The summed E-state index contributed by atoms with van der Waals surface area (Å²) in [5, 5.41) is 8.36. The molecule has 0 aromatic rings. The molecule has 27 heavy (non-hydrogen) atoms. The number of rotatable bonds is 17. The molecule has 0 bridgehead atoms. The summed E-state index contributed by atoms with van der Waals surface area (Å²) < 4.78 is 0. The number of allylic oxidation sites excluding steroid dienone is 2. The van der Waals surface area contributed by atoms with E-state index in [9.17, 15) is 14.4 Å². The molecule has 3 amide bonds. The molecule has 6 heteroatoms. The molecule has 0 spiro atoms. The van der Waals surface area contributed by atoms with Crippen LogP contribution in [0.1, 0.15) is 84.5 Å². The molecular weight excluding hydrogens is 342 g/mol. The van der Waals surface area contributed by atoms with Gasteiger partial charge < -0.3 is 16.0 Å². The summed E-state index contributed by atoms with van der Waals surface area (Å²) in [6, 6.07) is -0.0587. The predicted molar refractivity (Wildman–Crippen MR) is 111 cm³/mol. The average molecular weight is 382 g/mol. The molecule has 0 heterocycles. The number of unbranched alkanes of at least 4 members (excludes halogenated alkanes) is 7. The Balaban J connectivity index is 3.32. The number of Topliss-reactive ketones (excluding diaryl/α,β-unsaturated/α-hetero) is 1. The van der Waals surface area contributed by atoms with Crippen molar-refractivity contribution in [2.75, 3.05) is 19.6 Å². The minimum atomic E-state index is -0.0587. The van der Waals surface area contributed by atoms with Gasteiger partial charge in [0.15, 0.2) is 0 Å². The molecule has 0 rings (SSSR count). The largest absolute Gasteiger partial charge is 0.349 e. The fraction of sp³-hybridized carbons (Fsp3) is 0.762. The summed E-state index contributed by atoms with van der Waals surface area (Å²) in [6.45, 7) is 5.23. The maximum atomic E-state index is 11.5. The molecule has 0 aromatic carbocycles. The maximum absolute atomic E-state index is 11.5. The summed E-state index contributed by atoms with van der Waals surface area (Å²) in [6.07, 6.45) is 15.4. The Morgan fingerprint density at radius 3 is 1.93 bits per heavy atom. The molecule has 0 aliphatic rings. The van der Waals surface area contributed by atoms with Crippen molar-refractivity contribution in [1.29, 1.82) is 0 Å². The number of carbonyl (C=O) groups is 3. The van der Waals surface area contributed by atoms with E-state index in [0.717, 1.165) is 77.3 Å². The first-order valence-electron chi connectivity index (χ1n) is 10.5. The van der Waals surface area contributed by atoms with Crippen molar-refractivity contribution in [2.45, 2.75) is 84.5 Å². The molecule has 0 saturated carbocycles. The van der Waals surface area contributed by atoms with Gasteiger partial charge in [0, 0.05) is 19.5 Å². The van der Waals surface area contributed by atoms with Crippen LogP contribution in [-0.2, 0) is 9.59 Å². The first kappa shape index (κ1) is 25.1. The third-order valence-electron chi connectivity index (χ3n) is 4.12. The van der Waals surface area contributed by atoms with Gasteiger partial charge in [-0.3, -0.25) is 9.59 Å². The van der Waals surface area contributed by atoms with Crippen LogP contribution in [-0.4, -0.2) is 37.4 Å². The lowest BCUT2D eigenvalue weighted by atomic mass is 10.1. The molecule has 0 aromatic heterocycles. The summed E-state index contributed by atoms with van der Waals surface area (Å²) in [5.74, 6) is -0.0565. The quantitative estimate of drug-likeness (QED) is 0.264. The third-order valence-corrected chi connectivity index (χ3v) is 4.12. The van der Waals surface area contributed by atoms with E-state index in [0.29, 0.717) is 6.42 Å². The van der Waals surface area contributed by atoms with Crippen LogP contribution in [0.15, 0.2) is 12.2 Å². The number of nitrogens with one attached hydrogen (secondary N) is 3. The Kier molecular flexibility index (Phi) is 17.6. The van der Waals surface area contributed by atoms with Gasteiger partial charge in [-0.25, -0.2) is 4.79 Å². The zero-order chi connectivity index (χ0) is 20.2. The van der Waals surface area contributed by atoms with Crippen LogP contribution < -0.4 is 16.0 Å². The van der Waals surface area contributed by atoms with Crippen molar-refractivity contribution >= 4 is 17.7 Å². The van der Waals surface area contributed by atoms with Crippen molar-refractivity contribution in [2.24, 2.45) is 0 Å². The second kappa shape index (κ2) is 18.9. The summed E-state index contributed by atoms with van der Waals surface area (Å²) >= 11 is 0. The van der Waals surface area contributed by atoms with Crippen molar-refractivity contribution in [3.63, 3.8) is 0 Å². The van der Waals surface area contributed by atoms with Crippen LogP contribution in [0, 0.1) is 0 Å². The molecular formula is C21H39N3O3. The van der Waals surface area contributed by atoms with Crippen molar-refractivity contribution in [1.82, 2.24) is 16.0 Å². The van der Waals surface area contributed by atoms with Gasteiger partial charge in [-0.1, -0.05) is 38.3 Å². The fourth-order valence-electron chi connectivity index (χ4n) is 2.50. The number of hydrogen-bond acceptors (Lipinski definition) is 3. The van der Waals surface area contributed by atoms with Crippen LogP contribution in [0.5, 0.6) is 0 Å². The number of carbonyl (C=O) groups excluding carboxylic acids is 3. The highest BCUT2D eigenvalue weighted by atomic mass is 16.2. The van der Waals surface area contributed by atoms with Gasteiger partial charge in [-0.15, -0.1) is 0 Å². The van der Waals surface area contributed by atoms with Gasteiger partial charge >= 0.3 is 6.03 Å². The standard InChI is InChI=1S/C21H39N3O3/c1-3-4-13-16-22-21(27)23-17-14-11-9-7-5-6-8-10-12-15-20(26)24-18-19(2)25/h5,7H,3-4,6,8-18H2,1-2H3,(H,24,26)(H2,22,23,27)/b7-5+.